The van der Waals surface area contributed by atoms with Gasteiger partial charge in [-0.2, -0.15) is 0 Å². The molecule has 1 aromatic rings. The van der Waals surface area contributed by atoms with E-state index in [2.05, 4.69) is 35.3 Å². The van der Waals surface area contributed by atoms with Gasteiger partial charge in [0.05, 0.1) is 7.11 Å². The third kappa shape index (κ3) is 2.07. The lowest BCUT2D eigenvalue weighted by Crippen LogP contribution is -2.44. The maximum Gasteiger partial charge on any atom is 0.121 e. The molecule has 0 amide bonds. The van der Waals surface area contributed by atoms with E-state index in [4.69, 9.17) is 4.74 Å². The lowest BCUT2D eigenvalue weighted by Gasteiger charge is -2.36. The molecule has 0 aliphatic carbocycles. The Morgan fingerprint density at radius 3 is 3.00 bits per heavy atom. The number of hydrogen-bond acceptors (Lipinski definition) is 3. The smallest absolute Gasteiger partial charge is 0.121 e. The highest BCUT2D eigenvalue weighted by molar-refractivity contribution is 5.53. The van der Waals surface area contributed by atoms with Crippen molar-refractivity contribution >= 4 is 5.69 Å². The van der Waals surface area contributed by atoms with E-state index in [1.165, 1.54) is 43.7 Å². The van der Waals surface area contributed by atoms with Gasteiger partial charge in [0.15, 0.2) is 0 Å². The molecule has 18 heavy (non-hydrogen) atoms. The zero-order chi connectivity index (χ0) is 12.5. The second kappa shape index (κ2) is 4.81. The first-order chi connectivity index (χ1) is 8.78. The summed E-state index contributed by atoms with van der Waals surface area (Å²) >= 11 is 0. The van der Waals surface area contributed by atoms with E-state index >= 15 is 0 Å². The Hall–Kier alpha value is -1.22. The molecule has 0 saturated carbocycles. The number of fused-ring (bicyclic) bond motifs is 1. The van der Waals surface area contributed by atoms with E-state index in [0.29, 0.717) is 0 Å². The Morgan fingerprint density at radius 1 is 1.33 bits per heavy atom. The quantitative estimate of drug-likeness (QED) is 0.865. The van der Waals surface area contributed by atoms with Crippen LogP contribution in [0.4, 0.5) is 5.69 Å². The monoisotopic (exact) mass is 246 g/mol. The van der Waals surface area contributed by atoms with Crippen molar-refractivity contribution in [1.29, 1.82) is 0 Å². The van der Waals surface area contributed by atoms with Crippen LogP contribution in [0.15, 0.2) is 18.2 Å². The second-order valence-corrected chi connectivity index (χ2v) is 5.50. The summed E-state index contributed by atoms with van der Waals surface area (Å²) in [5, 5.41) is 3.61. The molecule has 3 heteroatoms. The van der Waals surface area contributed by atoms with Gasteiger partial charge in [0.1, 0.15) is 5.75 Å². The van der Waals surface area contributed by atoms with Crippen molar-refractivity contribution in [3.05, 3.63) is 23.8 Å². The van der Waals surface area contributed by atoms with E-state index in [0.717, 1.165) is 17.7 Å². The molecule has 0 spiro atoms. The van der Waals surface area contributed by atoms with Crippen LogP contribution in [-0.4, -0.2) is 32.8 Å². The zero-order valence-electron chi connectivity index (χ0n) is 11.3. The molecule has 2 aliphatic heterocycles. The summed E-state index contributed by atoms with van der Waals surface area (Å²) < 4.78 is 5.33. The number of piperidine rings is 1. The number of nitrogens with one attached hydrogen (secondary N) is 1. The third-order valence-electron chi connectivity index (χ3n) is 4.40. The largest absolute Gasteiger partial charge is 0.496 e. The lowest BCUT2D eigenvalue weighted by atomic mass is 9.93. The van der Waals surface area contributed by atoms with Crippen LogP contribution in [0.25, 0.3) is 0 Å². The van der Waals surface area contributed by atoms with Crippen LogP contribution < -0.4 is 15.0 Å². The van der Waals surface area contributed by atoms with Gasteiger partial charge >= 0.3 is 0 Å². The third-order valence-corrected chi connectivity index (χ3v) is 4.40. The van der Waals surface area contributed by atoms with Crippen LogP contribution in [0.2, 0.25) is 0 Å². The maximum atomic E-state index is 5.33. The van der Waals surface area contributed by atoms with Crippen molar-refractivity contribution in [2.45, 2.75) is 25.8 Å². The van der Waals surface area contributed by atoms with Gasteiger partial charge in [-0.25, -0.2) is 0 Å². The van der Waals surface area contributed by atoms with Crippen LogP contribution in [0.5, 0.6) is 5.75 Å². The van der Waals surface area contributed by atoms with Crippen molar-refractivity contribution in [2.75, 3.05) is 31.6 Å². The van der Waals surface area contributed by atoms with Gasteiger partial charge in [-0.15, -0.1) is 0 Å². The summed E-state index contributed by atoms with van der Waals surface area (Å²) in [5.74, 6) is 1.82. The lowest BCUT2D eigenvalue weighted by molar-refractivity contribution is 0.376. The molecule has 1 N–H and O–H groups in total. The predicted octanol–water partition coefficient (Wildman–Crippen LogP) is 2.19. The molecule has 0 aromatic heterocycles. The minimum absolute atomic E-state index is 0.764. The van der Waals surface area contributed by atoms with E-state index < -0.39 is 0 Å². The Bertz CT molecular complexity index is 433. The number of anilines is 1. The Labute approximate surface area is 109 Å². The van der Waals surface area contributed by atoms with Crippen LogP contribution in [0, 0.1) is 12.8 Å². The van der Waals surface area contributed by atoms with Gasteiger partial charge < -0.3 is 15.0 Å². The van der Waals surface area contributed by atoms with Crippen molar-refractivity contribution in [2.24, 2.45) is 5.92 Å². The SMILES string of the molecule is COc1ccc(N2CCC3NCCC3C2)cc1C. The Balaban J connectivity index is 1.76. The predicted molar refractivity (Wildman–Crippen MR) is 74.5 cm³/mol. The molecule has 2 fully saturated rings. The Kier molecular flexibility index (Phi) is 3.16. The molecule has 2 heterocycles. The van der Waals surface area contributed by atoms with Crippen molar-refractivity contribution in [1.82, 2.24) is 5.32 Å². The van der Waals surface area contributed by atoms with E-state index in [1.807, 2.05) is 0 Å². The Morgan fingerprint density at radius 2 is 2.22 bits per heavy atom. The molecular formula is C15H22N2O. The summed E-state index contributed by atoms with van der Waals surface area (Å²) in [5.41, 5.74) is 2.57. The number of aryl methyl sites for hydroxylation is 1. The van der Waals surface area contributed by atoms with Crippen LogP contribution >= 0.6 is 0 Å². The molecule has 98 valence electrons. The molecule has 1 aromatic carbocycles. The summed E-state index contributed by atoms with van der Waals surface area (Å²) in [6.45, 7) is 5.68. The second-order valence-electron chi connectivity index (χ2n) is 5.50. The fraction of sp³-hybridized carbons (Fsp3) is 0.600. The summed E-state index contributed by atoms with van der Waals surface area (Å²) in [6.07, 6.45) is 2.60. The van der Waals surface area contributed by atoms with Gasteiger partial charge in [-0.1, -0.05) is 0 Å². The highest BCUT2D eigenvalue weighted by atomic mass is 16.5. The first-order valence-electron chi connectivity index (χ1n) is 6.91. The first kappa shape index (κ1) is 11.8. The number of ether oxygens (including phenoxy) is 1. The first-order valence-corrected chi connectivity index (χ1v) is 6.91. The van der Waals surface area contributed by atoms with Gasteiger partial charge in [0.2, 0.25) is 0 Å². The average Bonchev–Trinajstić information content (AvgIpc) is 2.85. The molecule has 2 saturated heterocycles. The number of hydrogen-bond donors (Lipinski definition) is 1. The number of nitrogens with zero attached hydrogens (tertiary/aromatic N) is 1. The van der Waals surface area contributed by atoms with Gasteiger partial charge in [-0.3, -0.25) is 0 Å². The standard InChI is InChI=1S/C15H22N2O/c1-11-9-13(3-4-15(11)18-2)17-8-6-14-12(10-17)5-7-16-14/h3-4,9,12,14,16H,5-8,10H2,1-2H3. The van der Waals surface area contributed by atoms with E-state index in [9.17, 15) is 0 Å². The fourth-order valence-electron chi connectivity index (χ4n) is 3.34. The van der Waals surface area contributed by atoms with Crippen LogP contribution in [0.1, 0.15) is 18.4 Å². The minimum Gasteiger partial charge on any atom is -0.496 e. The summed E-state index contributed by atoms with van der Waals surface area (Å²) in [6, 6.07) is 7.29. The normalized spacial score (nSPS) is 27.1. The fourth-order valence-corrected chi connectivity index (χ4v) is 3.34. The van der Waals surface area contributed by atoms with Crippen molar-refractivity contribution in [3.8, 4) is 5.75 Å². The molecule has 2 unspecified atom stereocenters. The number of methoxy groups -OCH3 is 1. The summed E-state index contributed by atoms with van der Waals surface area (Å²) in [4.78, 5) is 2.53. The molecule has 0 radical (unpaired) electrons. The highest BCUT2D eigenvalue weighted by Crippen LogP contribution is 2.30. The number of benzene rings is 1. The molecule has 2 atom stereocenters. The topological polar surface area (TPSA) is 24.5 Å². The maximum absolute atomic E-state index is 5.33. The van der Waals surface area contributed by atoms with Gasteiger partial charge in [-0.05, 0) is 56.0 Å². The van der Waals surface area contributed by atoms with Crippen LogP contribution in [0.3, 0.4) is 0 Å². The summed E-state index contributed by atoms with van der Waals surface area (Å²) in [7, 11) is 1.73. The molecule has 0 bridgehead atoms. The molecular weight excluding hydrogens is 224 g/mol. The van der Waals surface area contributed by atoms with E-state index in [1.54, 1.807) is 7.11 Å². The van der Waals surface area contributed by atoms with Crippen LogP contribution in [-0.2, 0) is 0 Å². The van der Waals surface area contributed by atoms with Crippen molar-refractivity contribution < 1.29 is 4.74 Å². The van der Waals surface area contributed by atoms with Gasteiger partial charge in [0.25, 0.3) is 0 Å². The zero-order valence-corrected chi connectivity index (χ0v) is 11.3. The molecule has 2 aliphatic rings. The highest BCUT2D eigenvalue weighted by Gasteiger charge is 2.32. The van der Waals surface area contributed by atoms with E-state index in [-0.39, 0.29) is 0 Å². The van der Waals surface area contributed by atoms with Crippen molar-refractivity contribution in [3.63, 3.8) is 0 Å². The van der Waals surface area contributed by atoms with Gasteiger partial charge in [0, 0.05) is 24.8 Å². The molecule has 3 rings (SSSR count). The molecule has 3 nitrogen and oxygen atoms in total. The minimum atomic E-state index is 0.764. The number of rotatable bonds is 2. The average molecular weight is 246 g/mol.